The van der Waals surface area contributed by atoms with Crippen molar-refractivity contribution in [2.45, 2.75) is 30.4 Å². The second-order valence-corrected chi connectivity index (χ2v) is 8.69. The van der Waals surface area contributed by atoms with E-state index in [9.17, 15) is 13.2 Å². The van der Waals surface area contributed by atoms with Gasteiger partial charge < -0.3 is 15.5 Å². The SMILES string of the molecule is O=C(NCc1ccc(S(=O)(=O)N2CCCC2)cc1)C1=CN2C=CNC2C=C1. The second kappa shape index (κ2) is 7.21. The highest BCUT2D eigenvalue weighted by Gasteiger charge is 2.27. The summed E-state index contributed by atoms with van der Waals surface area (Å²) in [6.45, 7) is 1.52. The van der Waals surface area contributed by atoms with E-state index < -0.39 is 10.0 Å². The van der Waals surface area contributed by atoms with Gasteiger partial charge in [-0.3, -0.25) is 4.79 Å². The van der Waals surface area contributed by atoms with Crippen LogP contribution in [0.1, 0.15) is 18.4 Å². The Bertz CT molecular complexity index is 913. The highest BCUT2D eigenvalue weighted by atomic mass is 32.2. The second-order valence-electron chi connectivity index (χ2n) is 6.76. The van der Waals surface area contributed by atoms with Crippen molar-refractivity contribution < 1.29 is 13.2 Å². The van der Waals surface area contributed by atoms with E-state index in [0.717, 1.165) is 18.4 Å². The molecule has 8 heteroatoms. The number of nitrogens with one attached hydrogen (secondary N) is 2. The van der Waals surface area contributed by atoms with Gasteiger partial charge in [0.2, 0.25) is 10.0 Å². The standard InChI is InChI=1S/C19H22N4O3S/c24-19(16-5-8-18-20-9-12-22(18)14-16)21-13-15-3-6-17(7-4-15)27(25,26)23-10-1-2-11-23/h3-9,12,14,18,20H,1-2,10-11,13H2,(H,21,24). The molecule has 0 bridgehead atoms. The lowest BCUT2D eigenvalue weighted by Crippen LogP contribution is -2.34. The quantitative estimate of drug-likeness (QED) is 0.796. The summed E-state index contributed by atoms with van der Waals surface area (Å²) >= 11 is 0. The van der Waals surface area contributed by atoms with E-state index >= 15 is 0 Å². The summed E-state index contributed by atoms with van der Waals surface area (Å²) < 4.78 is 26.6. The third-order valence-corrected chi connectivity index (χ3v) is 6.84. The smallest absolute Gasteiger partial charge is 0.253 e. The topological polar surface area (TPSA) is 81.8 Å². The molecule has 0 saturated carbocycles. The molecule has 1 aromatic rings. The average molecular weight is 386 g/mol. The molecule has 0 aliphatic carbocycles. The molecule has 4 rings (SSSR count). The van der Waals surface area contributed by atoms with Gasteiger partial charge >= 0.3 is 0 Å². The lowest BCUT2D eigenvalue weighted by atomic mass is 10.1. The van der Waals surface area contributed by atoms with Gasteiger partial charge in [-0.15, -0.1) is 0 Å². The van der Waals surface area contributed by atoms with Crippen LogP contribution in [0.2, 0.25) is 0 Å². The van der Waals surface area contributed by atoms with E-state index in [0.29, 0.717) is 30.1 Å². The predicted molar refractivity (Wildman–Crippen MR) is 101 cm³/mol. The number of hydrogen-bond acceptors (Lipinski definition) is 5. The molecule has 7 nitrogen and oxygen atoms in total. The molecule has 27 heavy (non-hydrogen) atoms. The first-order chi connectivity index (χ1) is 13.0. The number of hydrogen-bond donors (Lipinski definition) is 2. The minimum Gasteiger partial charge on any atom is -0.366 e. The molecular formula is C19H22N4O3S. The van der Waals surface area contributed by atoms with Crippen molar-refractivity contribution in [1.29, 1.82) is 0 Å². The van der Waals surface area contributed by atoms with E-state index in [2.05, 4.69) is 10.6 Å². The van der Waals surface area contributed by atoms with Crippen LogP contribution in [0.25, 0.3) is 0 Å². The highest BCUT2D eigenvalue weighted by molar-refractivity contribution is 7.89. The van der Waals surface area contributed by atoms with E-state index in [1.807, 2.05) is 23.4 Å². The third kappa shape index (κ3) is 3.63. The Morgan fingerprint density at radius 3 is 2.67 bits per heavy atom. The molecule has 3 aliphatic heterocycles. The fourth-order valence-corrected chi connectivity index (χ4v) is 4.88. The minimum absolute atomic E-state index is 0.0756. The van der Waals surface area contributed by atoms with Crippen molar-refractivity contribution in [1.82, 2.24) is 19.8 Å². The molecule has 0 radical (unpaired) electrons. The monoisotopic (exact) mass is 386 g/mol. The van der Waals surface area contributed by atoms with Gasteiger partial charge in [-0.2, -0.15) is 4.31 Å². The van der Waals surface area contributed by atoms with Gasteiger partial charge in [0, 0.05) is 38.2 Å². The van der Waals surface area contributed by atoms with Gasteiger partial charge in [0.1, 0.15) is 6.17 Å². The van der Waals surface area contributed by atoms with Crippen LogP contribution in [0.15, 0.2) is 65.5 Å². The highest BCUT2D eigenvalue weighted by Crippen LogP contribution is 2.21. The first-order valence-corrected chi connectivity index (χ1v) is 10.5. The summed E-state index contributed by atoms with van der Waals surface area (Å²) in [4.78, 5) is 14.6. The van der Waals surface area contributed by atoms with Crippen LogP contribution < -0.4 is 10.6 Å². The minimum atomic E-state index is -3.40. The molecule has 3 heterocycles. The van der Waals surface area contributed by atoms with E-state index in [1.54, 1.807) is 36.5 Å². The first-order valence-electron chi connectivity index (χ1n) is 9.01. The van der Waals surface area contributed by atoms with Crippen molar-refractivity contribution in [3.05, 3.63) is 66.2 Å². The molecule has 142 valence electrons. The number of carbonyl (C=O) groups excluding carboxylic acids is 1. The van der Waals surface area contributed by atoms with Crippen LogP contribution >= 0.6 is 0 Å². The molecule has 0 aromatic heterocycles. The number of nitrogens with zero attached hydrogens (tertiary/aromatic N) is 2. The Labute approximate surface area is 159 Å². The largest absolute Gasteiger partial charge is 0.366 e. The predicted octanol–water partition coefficient (Wildman–Crippen LogP) is 1.24. The molecule has 2 N–H and O–H groups in total. The first kappa shape index (κ1) is 17.8. The van der Waals surface area contributed by atoms with Crippen LogP contribution in [0.5, 0.6) is 0 Å². The van der Waals surface area contributed by atoms with E-state index in [-0.39, 0.29) is 12.1 Å². The van der Waals surface area contributed by atoms with Gasteiger partial charge in [-0.25, -0.2) is 8.42 Å². The Kier molecular flexibility index (Phi) is 4.75. The maximum absolute atomic E-state index is 12.5. The molecule has 1 atom stereocenters. The number of sulfonamides is 1. The summed E-state index contributed by atoms with van der Waals surface area (Å²) in [5.41, 5.74) is 1.43. The van der Waals surface area contributed by atoms with Gasteiger partial charge in [0.25, 0.3) is 5.91 Å². The van der Waals surface area contributed by atoms with Crippen LogP contribution in [-0.2, 0) is 21.4 Å². The Morgan fingerprint density at radius 2 is 1.93 bits per heavy atom. The summed E-state index contributed by atoms with van der Waals surface area (Å²) in [6, 6.07) is 6.72. The number of amides is 1. The number of carbonyl (C=O) groups is 1. The maximum Gasteiger partial charge on any atom is 0.253 e. The average Bonchev–Trinajstić information content (AvgIpc) is 3.37. The molecule has 1 fully saturated rings. The van der Waals surface area contributed by atoms with Crippen LogP contribution in [-0.4, -0.2) is 42.8 Å². The van der Waals surface area contributed by atoms with Crippen molar-refractivity contribution >= 4 is 15.9 Å². The van der Waals surface area contributed by atoms with Gasteiger partial charge in [-0.05, 0) is 42.7 Å². The molecule has 1 unspecified atom stereocenters. The summed E-state index contributed by atoms with van der Waals surface area (Å²) in [7, 11) is -3.40. The summed E-state index contributed by atoms with van der Waals surface area (Å²) in [5.74, 6) is -0.168. The summed E-state index contributed by atoms with van der Waals surface area (Å²) in [6.07, 6.45) is 11.1. The van der Waals surface area contributed by atoms with Crippen molar-refractivity contribution in [3.63, 3.8) is 0 Å². The van der Waals surface area contributed by atoms with Crippen molar-refractivity contribution in [2.75, 3.05) is 13.1 Å². The lowest BCUT2D eigenvalue weighted by molar-refractivity contribution is -0.117. The maximum atomic E-state index is 12.5. The Morgan fingerprint density at radius 1 is 1.19 bits per heavy atom. The van der Waals surface area contributed by atoms with E-state index in [1.165, 1.54) is 4.31 Å². The number of benzene rings is 1. The van der Waals surface area contributed by atoms with Crippen molar-refractivity contribution in [2.24, 2.45) is 0 Å². The Balaban J connectivity index is 1.37. The zero-order valence-corrected chi connectivity index (χ0v) is 15.7. The van der Waals surface area contributed by atoms with Gasteiger partial charge in [-0.1, -0.05) is 12.1 Å². The van der Waals surface area contributed by atoms with Gasteiger partial charge in [0.05, 0.1) is 10.5 Å². The normalized spacial score (nSPS) is 21.7. The fraction of sp³-hybridized carbons (Fsp3) is 0.316. The molecule has 1 aromatic carbocycles. The third-order valence-electron chi connectivity index (χ3n) is 4.92. The van der Waals surface area contributed by atoms with Crippen LogP contribution in [0.4, 0.5) is 0 Å². The van der Waals surface area contributed by atoms with Crippen LogP contribution in [0, 0.1) is 0 Å². The Hall–Kier alpha value is -2.58. The molecule has 3 aliphatic rings. The molecule has 1 amide bonds. The molecular weight excluding hydrogens is 364 g/mol. The fourth-order valence-electron chi connectivity index (χ4n) is 3.36. The molecule has 1 saturated heterocycles. The van der Waals surface area contributed by atoms with E-state index in [4.69, 9.17) is 0 Å². The van der Waals surface area contributed by atoms with Crippen LogP contribution in [0.3, 0.4) is 0 Å². The molecule has 0 spiro atoms. The zero-order chi connectivity index (χ0) is 18.9. The zero-order valence-electron chi connectivity index (χ0n) is 14.8. The van der Waals surface area contributed by atoms with Gasteiger partial charge in [0.15, 0.2) is 0 Å². The lowest BCUT2D eigenvalue weighted by Gasteiger charge is -2.23. The van der Waals surface area contributed by atoms with Crippen molar-refractivity contribution in [3.8, 4) is 0 Å². The summed E-state index contributed by atoms with van der Waals surface area (Å²) in [5, 5.41) is 6.02. The number of fused-ring (bicyclic) bond motifs is 1. The number of rotatable bonds is 5.